The molecule has 3 nitrogen and oxygen atoms in total. The zero-order valence-electron chi connectivity index (χ0n) is 8.81. The molecule has 3 heteroatoms. The van der Waals surface area contributed by atoms with E-state index in [0.717, 1.165) is 30.7 Å². The Bertz CT molecular complexity index is 409. The van der Waals surface area contributed by atoms with Gasteiger partial charge in [0, 0.05) is 12.0 Å². The molecule has 0 atom stereocenters. The Labute approximate surface area is 89.2 Å². The van der Waals surface area contributed by atoms with Gasteiger partial charge < -0.3 is 4.42 Å². The standard InChI is InChI=1S/C12H14N2O/c1-2-3-9-11-13-14-12(15-11)10-7-5-4-6-8-10/h4-8H,2-3,9H2,1H3. The lowest BCUT2D eigenvalue weighted by molar-refractivity contribution is 0.496. The highest BCUT2D eigenvalue weighted by Gasteiger charge is 2.06. The number of benzene rings is 1. The molecule has 0 aliphatic rings. The van der Waals surface area contributed by atoms with Crippen molar-refractivity contribution in [2.45, 2.75) is 26.2 Å². The highest BCUT2D eigenvalue weighted by molar-refractivity contribution is 5.51. The van der Waals surface area contributed by atoms with Gasteiger partial charge in [0.2, 0.25) is 11.8 Å². The van der Waals surface area contributed by atoms with E-state index in [9.17, 15) is 0 Å². The summed E-state index contributed by atoms with van der Waals surface area (Å²) in [6, 6.07) is 9.84. The average Bonchev–Trinajstić information content (AvgIpc) is 2.76. The Balaban J connectivity index is 2.14. The molecule has 0 saturated heterocycles. The molecule has 1 aromatic heterocycles. The van der Waals surface area contributed by atoms with Crippen LogP contribution in [0.2, 0.25) is 0 Å². The molecule has 0 radical (unpaired) electrons. The summed E-state index contributed by atoms with van der Waals surface area (Å²) in [7, 11) is 0. The second-order valence-corrected chi connectivity index (χ2v) is 3.47. The van der Waals surface area contributed by atoms with Gasteiger partial charge in [0.15, 0.2) is 0 Å². The zero-order valence-corrected chi connectivity index (χ0v) is 8.81. The van der Waals surface area contributed by atoms with Gasteiger partial charge in [-0.1, -0.05) is 31.5 Å². The molecule has 1 heterocycles. The normalized spacial score (nSPS) is 10.5. The van der Waals surface area contributed by atoms with E-state index in [1.165, 1.54) is 0 Å². The third kappa shape index (κ3) is 2.43. The van der Waals surface area contributed by atoms with E-state index in [2.05, 4.69) is 17.1 Å². The summed E-state index contributed by atoms with van der Waals surface area (Å²) in [6.45, 7) is 2.15. The highest BCUT2D eigenvalue weighted by atomic mass is 16.4. The maximum absolute atomic E-state index is 5.55. The summed E-state index contributed by atoms with van der Waals surface area (Å²) in [5, 5.41) is 8.04. The number of unbranched alkanes of at least 4 members (excludes halogenated alkanes) is 1. The molecular formula is C12H14N2O. The lowest BCUT2D eigenvalue weighted by Gasteiger charge is -1.92. The molecule has 78 valence electrons. The SMILES string of the molecule is CCCCc1nnc(-c2ccccc2)o1. The maximum Gasteiger partial charge on any atom is 0.247 e. The molecule has 15 heavy (non-hydrogen) atoms. The topological polar surface area (TPSA) is 38.9 Å². The predicted octanol–water partition coefficient (Wildman–Crippen LogP) is 3.08. The minimum atomic E-state index is 0.613. The molecule has 0 fully saturated rings. The van der Waals surface area contributed by atoms with Crippen LogP contribution in [0.4, 0.5) is 0 Å². The fourth-order valence-corrected chi connectivity index (χ4v) is 1.38. The fourth-order valence-electron chi connectivity index (χ4n) is 1.38. The van der Waals surface area contributed by atoms with E-state index in [-0.39, 0.29) is 0 Å². The fraction of sp³-hybridized carbons (Fsp3) is 0.333. The first-order valence-electron chi connectivity index (χ1n) is 5.28. The predicted molar refractivity (Wildman–Crippen MR) is 58.3 cm³/mol. The van der Waals surface area contributed by atoms with Gasteiger partial charge in [-0.2, -0.15) is 0 Å². The molecule has 0 bridgehead atoms. The molecule has 0 amide bonds. The monoisotopic (exact) mass is 202 g/mol. The van der Waals surface area contributed by atoms with Gasteiger partial charge in [-0.15, -0.1) is 10.2 Å². The van der Waals surface area contributed by atoms with Crippen LogP contribution in [0.5, 0.6) is 0 Å². The molecule has 0 aliphatic carbocycles. The van der Waals surface area contributed by atoms with E-state index < -0.39 is 0 Å². The molecular weight excluding hydrogens is 188 g/mol. The van der Waals surface area contributed by atoms with Gasteiger partial charge >= 0.3 is 0 Å². The van der Waals surface area contributed by atoms with Crippen molar-refractivity contribution in [3.63, 3.8) is 0 Å². The van der Waals surface area contributed by atoms with E-state index in [4.69, 9.17) is 4.42 Å². The van der Waals surface area contributed by atoms with E-state index in [1.54, 1.807) is 0 Å². The zero-order chi connectivity index (χ0) is 10.5. The first-order valence-corrected chi connectivity index (χ1v) is 5.28. The third-order valence-corrected chi connectivity index (χ3v) is 2.23. The van der Waals surface area contributed by atoms with Crippen LogP contribution >= 0.6 is 0 Å². The minimum absolute atomic E-state index is 0.613. The van der Waals surface area contributed by atoms with Crippen molar-refractivity contribution in [2.75, 3.05) is 0 Å². The van der Waals surface area contributed by atoms with Crippen LogP contribution in [-0.4, -0.2) is 10.2 Å². The first kappa shape index (κ1) is 9.90. The van der Waals surface area contributed by atoms with Gasteiger partial charge in [0.1, 0.15) is 0 Å². The summed E-state index contributed by atoms with van der Waals surface area (Å²) >= 11 is 0. The number of rotatable bonds is 4. The van der Waals surface area contributed by atoms with E-state index >= 15 is 0 Å². The van der Waals surface area contributed by atoms with Crippen molar-refractivity contribution in [3.8, 4) is 11.5 Å². The van der Waals surface area contributed by atoms with Crippen LogP contribution in [0.15, 0.2) is 34.7 Å². The Kier molecular flexibility index (Phi) is 3.12. The second-order valence-electron chi connectivity index (χ2n) is 3.47. The van der Waals surface area contributed by atoms with Crippen LogP contribution in [0.25, 0.3) is 11.5 Å². The van der Waals surface area contributed by atoms with Crippen LogP contribution in [-0.2, 0) is 6.42 Å². The van der Waals surface area contributed by atoms with Crippen molar-refractivity contribution in [1.82, 2.24) is 10.2 Å². The molecule has 0 saturated carbocycles. The van der Waals surface area contributed by atoms with Crippen LogP contribution in [0.1, 0.15) is 25.7 Å². The van der Waals surface area contributed by atoms with Gasteiger partial charge in [-0.05, 0) is 18.6 Å². The first-order chi connectivity index (χ1) is 7.40. The Morgan fingerprint density at radius 3 is 2.67 bits per heavy atom. The molecule has 2 aromatic rings. The van der Waals surface area contributed by atoms with E-state index in [0.29, 0.717) is 5.89 Å². The van der Waals surface area contributed by atoms with E-state index in [1.807, 2.05) is 30.3 Å². The summed E-state index contributed by atoms with van der Waals surface area (Å²) in [5.74, 6) is 1.34. The lowest BCUT2D eigenvalue weighted by atomic mass is 10.2. The summed E-state index contributed by atoms with van der Waals surface area (Å²) < 4.78 is 5.55. The molecule has 1 aromatic carbocycles. The molecule has 2 rings (SSSR count). The molecule has 0 unspecified atom stereocenters. The number of aryl methyl sites for hydroxylation is 1. The maximum atomic E-state index is 5.55. The van der Waals surface area contributed by atoms with Crippen molar-refractivity contribution >= 4 is 0 Å². The summed E-state index contributed by atoms with van der Waals surface area (Å²) in [4.78, 5) is 0. The van der Waals surface area contributed by atoms with Crippen LogP contribution in [0.3, 0.4) is 0 Å². The van der Waals surface area contributed by atoms with Crippen LogP contribution < -0.4 is 0 Å². The quantitative estimate of drug-likeness (QED) is 0.764. The molecule has 0 N–H and O–H groups in total. The van der Waals surface area contributed by atoms with Gasteiger partial charge in [0.05, 0.1) is 0 Å². The van der Waals surface area contributed by atoms with Crippen LogP contribution in [0, 0.1) is 0 Å². The molecule has 0 aliphatic heterocycles. The Morgan fingerprint density at radius 2 is 1.93 bits per heavy atom. The number of aromatic nitrogens is 2. The highest BCUT2D eigenvalue weighted by Crippen LogP contribution is 2.17. The second kappa shape index (κ2) is 4.73. The van der Waals surface area contributed by atoms with Crippen molar-refractivity contribution in [3.05, 3.63) is 36.2 Å². The molecule has 0 spiro atoms. The summed E-state index contributed by atoms with van der Waals surface area (Å²) in [5.41, 5.74) is 0.979. The minimum Gasteiger partial charge on any atom is -0.421 e. The van der Waals surface area contributed by atoms with Gasteiger partial charge in [-0.3, -0.25) is 0 Å². The number of hydrogen-bond donors (Lipinski definition) is 0. The third-order valence-electron chi connectivity index (χ3n) is 2.23. The Morgan fingerprint density at radius 1 is 1.13 bits per heavy atom. The summed E-state index contributed by atoms with van der Waals surface area (Å²) in [6.07, 6.45) is 3.11. The number of hydrogen-bond acceptors (Lipinski definition) is 3. The Hall–Kier alpha value is -1.64. The van der Waals surface area contributed by atoms with Crippen molar-refractivity contribution in [2.24, 2.45) is 0 Å². The largest absolute Gasteiger partial charge is 0.421 e. The van der Waals surface area contributed by atoms with Gasteiger partial charge in [-0.25, -0.2) is 0 Å². The number of nitrogens with zero attached hydrogens (tertiary/aromatic N) is 2. The lowest BCUT2D eigenvalue weighted by Crippen LogP contribution is -1.83. The van der Waals surface area contributed by atoms with Gasteiger partial charge in [0.25, 0.3) is 0 Å². The average molecular weight is 202 g/mol. The van der Waals surface area contributed by atoms with Crippen molar-refractivity contribution < 1.29 is 4.42 Å². The smallest absolute Gasteiger partial charge is 0.247 e. The van der Waals surface area contributed by atoms with Crippen molar-refractivity contribution in [1.29, 1.82) is 0 Å².